The molecule has 0 aliphatic heterocycles. The number of ether oxygens (including phenoxy) is 1. The van der Waals surface area contributed by atoms with E-state index >= 15 is 0 Å². The van der Waals surface area contributed by atoms with Gasteiger partial charge in [-0.05, 0) is 42.8 Å². The smallest absolute Gasteiger partial charge is 0.475 e. The number of alkyl halides is 6. The van der Waals surface area contributed by atoms with Gasteiger partial charge in [-0.25, -0.2) is 18.6 Å². The first-order valence-electron chi connectivity index (χ1n) is 13.6. The number of pyridine rings is 1. The normalized spacial score (nSPS) is 11.7. The summed E-state index contributed by atoms with van der Waals surface area (Å²) in [6.45, 7) is -1.85. The lowest BCUT2D eigenvalue weighted by molar-refractivity contribution is -0.192. The molecular weight excluding hydrogens is 682 g/mol. The zero-order valence-electron chi connectivity index (χ0n) is 24.9. The van der Waals surface area contributed by atoms with E-state index in [9.17, 15) is 54.9 Å². The van der Waals surface area contributed by atoms with E-state index in [0.29, 0.717) is 11.1 Å². The molecular formula is C29H25F8N5O7. The Bertz CT molecular complexity index is 1860. The Labute approximate surface area is 269 Å². The molecule has 1 amide bonds. The van der Waals surface area contributed by atoms with Crippen molar-refractivity contribution in [3.05, 3.63) is 76.1 Å². The third-order valence-electron chi connectivity index (χ3n) is 6.20. The molecule has 0 aliphatic rings. The van der Waals surface area contributed by atoms with Gasteiger partial charge in [-0.2, -0.15) is 31.3 Å². The molecule has 49 heavy (non-hydrogen) atoms. The maximum absolute atomic E-state index is 14.8. The number of rotatable bonds is 10. The van der Waals surface area contributed by atoms with Crippen molar-refractivity contribution < 1.29 is 64.8 Å². The highest BCUT2D eigenvalue weighted by atomic mass is 19.4. The number of carboxylic acid groups (broad SMARTS) is 1. The number of carbonyl (C=O) groups excluding carboxylic acids is 1. The predicted octanol–water partition coefficient (Wildman–Crippen LogP) is 3.95. The van der Waals surface area contributed by atoms with Gasteiger partial charge in [-0.15, -0.1) is 0 Å². The van der Waals surface area contributed by atoms with E-state index in [1.807, 2.05) is 0 Å². The number of aliphatic hydroxyl groups is 2. The summed E-state index contributed by atoms with van der Waals surface area (Å²) in [4.78, 5) is 42.8. The zero-order chi connectivity index (χ0) is 36.7. The largest absolute Gasteiger partial charge is 0.490 e. The fourth-order valence-corrected chi connectivity index (χ4v) is 4.05. The van der Waals surface area contributed by atoms with Gasteiger partial charge in [0.05, 0.1) is 24.9 Å². The molecule has 0 radical (unpaired) electrons. The van der Waals surface area contributed by atoms with Crippen molar-refractivity contribution in [1.29, 1.82) is 0 Å². The third kappa shape index (κ3) is 10.1. The fourth-order valence-electron chi connectivity index (χ4n) is 4.05. The molecule has 0 unspecified atom stereocenters. The quantitative estimate of drug-likeness (QED) is 0.152. The molecule has 0 bridgehead atoms. The summed E-state index contributed by atoms with van der Waals surface area (Å²) < 4.78 is 104. The van der Waals surface area contributed by atoms with Crippen LogP contribution in [0.3, 0.4) is 0 Å². The summed E-state index contributed by atoms with van der Waals surface area (Å²) >= 11 is 0. The second kappa shape index (κ2) is 15.8. The summed E-state index contributed by atoms with van der Waals surface area (Å²) in [5.41, 5.74) is -0.506. The maximum Gasteiger partial charge on any atom is 0.490 e. The number of carbonyl (C=O) groups is 2. The van der Waals surface area contributed by atoms with E-state index in [-0.39, 0.29) is 28.4 Å². The maximum atomic E-state index is 14.8. The Morgan fingerprint density at radius 2 is 1.57 bits per heavy atom. The van der Waals surface area contributed by atoms with Crippen LogP contribution >= 0.6 is 0 Å². The minimum absolute atomic E-state index is 0.129. The number of nitrogens with one attached hydrogen (secondary N) is 2. The molecule has 0 saturated heterocycles. The molecule has 0 atom stereocenters. The highest BCUT2D eigenvalue weighted by Gasteiger charge is 2.38. The molecule has 5 N–H and O–H groups in total. The van der Waals surface area contributed by atoms with Gasteiger partial charge in [0.1, 0.15) is 30.5 Å². The number of amides is 1. The topological polar surface area (TPSA) is 176 Å². The lowest BCUT2D eigenvalue weighted by atomic mass is 10.0. The standard InChI is InChI=1S/C27H24F5N5O5.C2HF3O2/c1-14-5-6-15(33-21(40)12-42-13-27(30,31)32)9-18(14)23-17-7-8-22(41)37(24-19(28)3-2-4-20(24)29)25(17)36-26(35-23)34-16(10-38)11-39;3-2(4,5)1(6)7/h2-9,16,38-39H,10-13H2,1H3,(H,33,40)(H,34,35,36);(H,6,7). The first-order valence-corrected chi connectivity index (χ1v) is 13.6. The van der Waals surface area contributed by atoms with E-state index in [4.69, 9.17) is 9.90 Å². The van der Waals surface area contributed by atoms with Gasteiger partial charge in [0.25, 0.3) is 5.56 Å². The number of benzene rings is 2. The zero-order valence-corrected chi connectivity index (χ0v) is 24.9. The number of fused-ring (bicyclic) bond motifs is 1. The molecule has 4 aromatic rings. The van der Waals surface area contributed by atoms with Crippen LogP contribution in [0.25, 0.3) is 28.0 Å². The van der Waals surface area contributed by atoms with Crippen LogP contribution in [0.5, 0.6) is 0 Å². The number of carboxylic acids is 1. The van der Waals surface area contributed by atoms with Crippen molar-refractivity contribution in [2.45, 2.75) is 25.3 Å². The van der Waals surface area contributed by atoms with Crippen LogP contribution in [0.4, 0.5) is 46.8 Å². The Morgan fingerprint density at radius 1 is 0.959 bits per heavy atom. The molecule has 264 valence electrons. The van der Waals surface area contributed by atoms with Crippen LogP contribution in [0, 0.1) is 18.6 Å². The lowest BCUT2D eigenvalue weighted by Gasteiger charge is -2.18. The van der Waals surface area contributed by atoms with Crippen molar-refractivity contribution >= 4 is 34.5 Å². The summed E-state index contributed by atoms with van der Waals surface area (Å²) in [5.74, 6) is -5.92. The molecule has 20 heteroatoms. The molecule has 0 saturated carbocycles. The number of aliphatic carboxylic acids is 1. The van der Waals surface area contributed by atoms with Crippen molar-refractivity contribution in [2.75, 3.05) is 37.1 Å². The van der Waals surface area contributed by atoms with Gasteiger partial charge in [-0.3, -0.25) is 14.2 Å². The number of hydrogen-bond donors (Lipinski definition) is 5. The molecule has 12 nitrogen and oxygen atoms in total. The molecule has 0 aliphatic carbocycles. The summed E-state index contributed by atoms with van der Waals surface area (Å²) in [5, 5.41) is 31.5. The van der Waals surface area contributed by atoms with E-state index in [1.165, 1.54) is 18.2 Å². The van der Waals surface area contributed by atoms with Crippen LogP contribution in [0.15, 0.2) is 53.3 Å². The lowest BCUT2D eigenvalue weighted by Crippen LogP contribution is -2.29. The Kier molecular flexibility index (Phi) is 12.3. The second-order valence-corrected chi connectivity index (χ2v) is 9.91. The highest BCUT2D eigenvalue weighted by molar-refractivity contribution is 5.96. The number of aliphatic hydroxyl groups excluding tert-OH is 2. The monoisotopic (exact) mass is 707 g/mol. The predicted molar refractivity (Wildman–Crippen MR) is 156 cm³/mol. The Morgan fingerprint density at radius 3 is 2.12 bits per heavy atom. The van der Waals surface area contributed by atoms with E-state index in [2.05, 4.69) is 25.3 Å². The first kappa shape index (κ1) is 38.2. The van der Waals surface area contributed by atoms with E-state index in [0.717, 1.165) is 28.8 Å². The average molecular weight is 708 g/mol. The number of para-hydroxylation sites is 1. The number of aryl methyl sites for hydroxylation is 1. The van der Waals surface area contributed by atoms with Crippen molar-refractivity contribution in [2.24, 2.45) is 0 Å². The summed E-state index contributed by atoms with van der Waals surface area (Å²) in [6.07, 6.45) is -9.69. The molecule has 0 spiro atoms. The Balaban J connectivity index is 0.000000838. The van der Waals surface area contributed by atoms with Crippen LogP contribution in [0.2, 0.25) is 0 Å². The second-order valence-electron chi connectivity index (χ2n) is 9.91. The van der Waals surface area contributed by atoms with Gasteiger partial charge in [0, 0.05) is 22.7 Å². The van der Waals surface area contributed by atoms with Crippen molar-refractivity contribution in [3.8, 4) is 16.9 Å². The van der Waals surface area contributed by atoms with Gasteiger partial charge in [0.2, 0.25) is 11.9 Å². The average Bonchev–Trinajstić information content (AvgIpc) is 3.00. The van der Waals surface area contributed by atoms with Crippen LogP contribution in [0.1, 0.15) is 5.56 Å². The number of halogens is 8. The molecule has 0 fully saturated rings. The van der Waals surface area contributed by atoms with Crippen LogP contribution < -0.4 is 16.2 Å². The molecule has 2 aromatic carbocycles. The number of hydrogen-bond acceptors (Lipinski definition) is 9. The van der Waals surface area contributed by atoms with E-state index < -0.39 is 79.6 Å². The minimum atomic E-state index is -5.08. The Hall–Kier alpha value is -5.21. The summed E-state index contributed by atoms with van der Waals surface area (Å²) in [7, 11) is 0. The SMILES string of the molecule is Cc1ccc(NC(=O)COCC(F)(F)F)cc1-c1nc(NC(CO)CO)nc2c1ccc(=O)n2-c1c(F)cccc1F.O=C(O)C(F)(F)F. The molecule has 2 heterocycles. The van der Waals surface area contributed by atoms with Crippen molar-refractivity contribution in [1.82, 2.24) is 14.5 Å². The van der Waals surface area contributed by atoms with Gasteiger partial charge >= 0.3 is 18.3 Å². The molecule has 2 aromatic heterocycles. The van der Waals surface area contributed by atoms with Crippen LogP contribution in [-0.2, 0) is 14.3 Å². The third-order valence-corrected chi connectivity index (χ3v) is 6.20. The van der Waals surface area contributed by atoms with Gasteiger partial charge in [-0.1, -0.05) is 12.1 Å². The summed E-state index contributed by atoms with van der Waals surface area (Å²) in [6, 6.07) is 9.06. The minimum Gasteiger partial charge on any atom is -0.475 e. The van der Waals surface area contributed by atoms with Crippen LogP contribution in [-0.4, -0.2) is 86.6 Å². The van der Waals surface area contributed by atoms with Gasteiger partial charge < -0.3 is 30.7 Å². The highest BCUT2D eigenvalue weighted by Crippen LogP contribution is 2.33. The van der Waals surface area contributed by atoms with E-state index in [1.54, 1.807) is 13.0 Å². The number of aromatic nitrogens is 3. The number of anilines is 2. The number of nitrogens with zero attached hydrogens (tertiary/aromatic N) is 3. The van der Waals surface area contributed by atoms with Crippen molar-refractivity contribution in [3.63, 3.8) is 0 Å². The fraction of sp³-hybridized carbons (Fsp3) is 0.276. The first-order chi connectivity index (χ1) is 22.9. The molecule has 4 rings (SSSR count). The van der Waals surface area contributed by atoms with Gasteiger partial charge in [0.15, 0.2) is 5.65 Å².